The van der Waals surface area contributed by atoms with Gasteiger partial charge in [-0.15, -0.1) is 12.4 Å². The van der Waals surface area contributed by atoms with Crippen molar-refractivity contribution < 1.29 is 4.74 Å². The lowest BCUT2D eigenvalue weighted by molar-refractivity contribution is 0.414. The van der Waals surface area contributed by atoms with Gasteiger partial charge in [0.25, 0.3) is 0 Å². The van der Waals surface area contributed by atoms with Crippen LogP contribution in [0.4, 0.5) is 0 Å². The van der Waals surface area contributed by atoms with Crippen LogP contribution < -0.4 is 10.1 Å². The van der Waals surface area contributed by atoms with Crippen LogP contribution in [-0.4, -0.2) is 13.7 Å². The summed E-state index contributed by atoms with van der Waals surface area (Å²) >= 11 is 0. The van der Waals surface area contributed by atoms with Gasteiger partial charge in [-0.25, -0.2) is 0 Å². The van der Waals surface area contributed by atoms with E-state index in [2.05, 4.69) is 84.2 Å². The number of rotatable bonds is 9. The average molecular weight is 394 g/mol. The molecule has 0 saturated carbocycles. The number of benzene rings is 3. The Balaban J connectivity index is 0.00000280. The number of ether oxygens (including phenoxy) is 1. The van der Waals surface area contributed by atoms with Gasteiger partial charge in [0, 0.05) is 6.54 Å². The summed E-state index contributed by atoms with van der Waals surface area (Å²) < 4.78 is 5.20. The molecule has 3 aromatic carbocycles. The molecule has 3 heteroatoms. The summed E-state index contributed by atoms with van der Waals surface area (Å²) in [6, 6.07) is 29.5. The van der Waals surface area contributed by atoms with E-state index in [4.69, 9.17) is 4.74 Å². The number of hydrogen-bond acceptors (Lipinski definition) is 2. The molecule has 0 saturated heterocycles. The maximum Gasteiger partial charge on any atom is 0.118 e. The maximum absolute atomic E-state index is 5.20. The molecule has 0 aliphatic heterocycles. The molecule has 3 aromatic rings. The van der Waals surface area contributed by atoms with Crippen molar-refractivity contribution >= 4 is 18.0 Å². The predicted molar refractivity (Wildman–Crippen MR) is 121 cm³/mol. The van der Waals surface area contributed by atoms with Crippen LogP contribution >= 0.6 is 12.4 Å². The van der Waals surface area contributed by atoms with Gasteiger partial charge >= 0.3 is 0 Å². The molecule has 0 spiro atoms. The van der Waals surface area contributed by atoms with Gasteiger partial charge in [0.1, 0.15) is 5.75 Å². The lowest BCUT2D eigenvalue weighted by atomic mass is 9.96. The van der Waals surface area contributed by atoms with Crippen LogP contribution in [0.1, 0.15) is 29.5 Å². The Labute approximate surface area is 174 Å². The molecule has 2 nitrogen and oxygen atoms in total. The first-order chi connectivity index (χ1) is 13.4. The minimum atomic E-state index is 0. The molecule has 1 N–H and O–H groups in total. The standard InChI is InChI=1S/C25H27NO.ClH/c1-27-24-17-15-21(16-18-24)20-26-19-9-8-14-25(22-10-4-2-5-11-22)23-12-6-3-7-13-23;/h2-7,10-18,26H,8-9,19-20H2,1H3;1H. The SMILES string of the molecule is COc1ccc(CNCCCC=C(c2ccccc2)c2ccccc2)cc1.Cl. The number of allylic oxidation sites excluding steroid dienone is 1. The summed E-state index contributed by atoms with van der Waals surface area (Å²) in [5.41, 5.74) is 5.14. The number of unbranched alkanes of at least 4 members (excludes halogenated alkanes) is 1. The Bertz CT molecular complexity index is 788. The highest BCUT2D eigenvalue weighted by Crippen LogP contribution is 2.23. The second-order valence-electron chi connectivity index (χ2n) is 6.52. The summed E-state index contributed by atoms with van der Waals surface area (Å²) in [6.07, 6.45) is 4.52. The van der Waals surface area contributed by atoms with Crippen LogP contribution in [0.25, 0.3) is 5.57 Å². The van der Waals surface area contributed by atoms with Crippen molar-refractivity contribution in [3.63, 3.8) is 0 Å². The molecule has 0 heterocycles. The van der Waals surface area contributed by atoms with Gasteiger partial charge in [0.15, 0.2) is 0 Å². The van der Waals surface area contributed by atoms with Crippen LogP contribution in [0.15, 0.2) is 91.0 Å². The summed E-state index contributed by atoms with van der Waals surface area (Å²) in [7, 11) is 1.69. The summed E-state index contributed by atoms with van der Waals surface area (Å²) in [6.45, 7) is 1.89. The highest BCUT2D eigenvalue weighted by atomic mass is 35.5. The van der Waals surface area contributed by atoms with Crippen LogP contribution in [0.2, 0.25) is 0 Å². The van der Waals surface area contributed by atoms with Crippen LogP contribution in [0.5, 0.6) is 5.75 Å². The molecule has 0 bridgehead atoms. The normalized spacial score (nSPS) is 10.0. The van der Waals surface area contributed by atoms with E-state index in [1.807, 2.05) is 12.1 Å². The number of hydrogen-bond donors (Lipinski definition) is 1. The highest BCUT2D eigenvalue weighted by Gasteiger charge is 2.03. The monoisotopic (exact) mass is 393 g/mol. The molecular weight excluding hydrogens is 366 g/mol. The Morgan fingerprint density at radius 3 is 1.93 bits per heavy atom. The van der Waals surface area contributed by atoms with E-state index in [9.17, 15) is 0 Å². The fourth-order valence-electron chi connectivity index (χ4n) is 3.09. The van der Waals surface area contributed by atoms with E-state index in [1.54, 1.807) is 7.11 Å². The molecule has 0 unspecified atom stereocenters. The van der Waals surface area contributed by atoms with Crippen molar-refractivity contribution in [1.82, 2.24) is 5.32 Å². The third-order valence-corrected chi connectivity index (χ3v) is 4.56. The van der Waals surface area contributed by atoms with E-state index >= 15 is 0 Å². The van der Waals surface area contributed by atoms with Gasteiger partial charge in [0.05, 0.1) is 7.11 Å². The van der Waals surface area contributed by atoms with Crippen molar-refractivity contribution in [3.8, 4) is 5.75 Å². The lowest BCUT2D eigenvalue weighted by Crippen LogP contribution is -2.14. The van der Waals surface area contributed by atoms with Gasteiger partial charge in [-0.1, -0.05) is 78.9 Å². The number of methoxy groups -OCH3 is 1. The molecular formula is C25H28ClNO. The highest BCUT2D eigenvalue weighted by molar-refractivity contribution is 5.85. The van der Waals surface area contributed by atoms with Crippen molar-refractivity contribution in [1.29, 1.82) is 0 Å². The fraction of sp³-hybridized carbons (Fsp3) is 0.200. The molecule has 0 aromatic heterocycles. The van der Waals surface area contributed by atoms with Crippen molar-refractivity contribution in [2.24, 2.45) is 0 Å². The largest absolute Gasteiger partial charge is 0.497 e. The second kappa shape index (κ2) is 12.0. The van der Waals surface area contributed by atoms with Gasteiger partial charge in [-0.3, -0.25) is 0 Å². The first kappa shape index (κ1) is 21.7. The predicted octanol–water partition coefficient (Wildman–Crippen LogP) is 6.12. The van der Waals surface area contributed by atoms with Crippen molar-refractivity contribution in [3.05, 3.63) is 108 Å². The van der Waals surface area contributed by atoms with E-state index in [0.717, 1.165) is 31.7 Å². The quantitative estimate of drug-likeness (QED) is 0.442. The number of nitrogens with one attached hydrogen (secondary N) is 1. The van der Waals surface area contributed by atoms with Crippen LogP contribution in [0, 0.1) is 0 Å². The smallest absolute Gasteiger partial charge is 0.118 e. The van der Waals surface area contributed by atoms with Gasteiger partial charge in [-0.05, 0) is 53.8 Å². The first-order valence-corrected chi connectivity index (χ1v) is 9.51. The number of halogens is 1. The average Bonchev–Trinajstić information content (AvgIpc) is 2.75. The fourth-order valence-corrected chi connectivity index (χ4v) is 3.09. The molecule has 0 fully saturated rings. The zero-order valence-electron chi connectivity index (χ0n) is 16.3. The van der Waals surface area contributed by atoms with Gasteiger partial charge in [-0.2, -0.15) is 0 Å². The maximum atomic E-state index is 5.20. The molecule has 0 aliphatic rings. The molecule has 0 amide bonds. The van der Waals surface area contributed by atoms with Crippen molar-refractivity contribution in [2.75, 3.05) is 13.7 Å². The molecule has 0 atom stereocenters. The molecule has 0 aliphatic carbocycles. The van der Waals surface area contributed by atoms with Crippen LogP contribution in [0.3, 0.4) is 0 Å². The Morgan fingerprint density at radius 2 is 1.39 bits per heavy atom. The van der Waals surface area contributed by atoms with Gasteiger partial charge < -0.3 is 10.1 Å². The Morgan fingerprint density at radius 1 is 0.821 bits per heavy atom. The zero-order valence-corrected chi connectivity index (χ0v) is 17.1. The minimum Gasteiger partial charge on any atom is -0.497 e. The minimum absolute atomic E-state index is 0. The molecule has 146 valence electrons. The molecule has 0 radical (unpaired) electrons. The summed E-state index contributed by atoms with van der Waals surface area (Å²) in [5.74, 6) is 0.901. The van der Waals surface area contributed by atoms with E-state index in [-0.39, 0.29) is 12.4 Å². The van der Waals surface area contributed by atoms with E-state index in [0.29, 0.717) is 0 Å². The van der Waals surface area contributed by atoms with Crippen LogP contribution in [-0.2, 0) is 6.54 Å². The Hall–Kier alpha value is -2.55. The zero-order chi connectivity index (χ0) is 18.7. The lowest BCUT2D eigenvalue weighted by Gasteiger charge is -2.09. The van der Waals surface area contributed by atoms with Gasteiger partial charge in [0.2, 0.25) is 0 Å². The molecule has 28 heavy (non-hydrogen) atoms. The first-order valence-electron chi connectivity index (χ1n) is 9.51. The topological polar surface area (TPSA) is 21.3 Å². The third-order valence-electron chi connectivity index (χ3n) is 4.56. The Kier molecular flexibility index (Phi) is 9.33. The van der Waals surface area contributed by atoms with E-state index in [1.165, 1.54) is 22.3 Å². The van der Waals surface area contributed by atoms with E-state index < -0.39 is 0 Å². The summed E-state index contributed by atoms with van der Waals surface area (Å²) in [4.78, 5) is 0. The van der Waals surface area contributed by atoms with Crippen molar-refractivity contribution in [2.45, 2.75) is 19.4 Å². The third kappa shape index (κ3) is 6.56. The second-order valence-corrected chi connectivity index (χ2v) is 6.52. The summed E-state index contributed by atoms with van der Waals surface area (Å²) in [5, 5.41) is 3.52. The molecule has 3 rings (SSSR count).